The number of Topliss-reactive ketones (excluding diaryl/α,β-unsaturated/α-hetero) is 1. The molecular weight excluding hydrogens is 547 g/mol. The van der Waals surface area contributed by atoms with E-state index < -0.39 is 28.6 Å². The molecule has 15 heteroatoms. The van der Waals surface area contributed by atoms with Gasteiger partial charge in [0.05, 0.1) is 57.6 Å². The lowest BCUT2D eigenvalue weighted by atomic mass is 10.2. The smallest absolute Gasteiger partial charge is 0.264 e. The molecule has 0 saturated carbocycles. The molecule has 0 aromatic carbocycles. The Balaban J connectivity index is 5.15. The van der Waals surface area contributed by atoms with Crippen molar-refractivity contribution in [3.05, 3.63) is 0 Å². The first kappa shape index (κ1) is 35.8. The van der Waals surface area contributed by atoms with Crippen LogP contribution in [-0.4, -0.2) is 119 Å². The average Bonchev–Trinajstić information content (AvgIpc) is 2.74. The van der Waals surface area contributed by atoms with E-state index in [9.17, 15) is 21.6 Å². The van der Waals surface area contributed by atoms with Crippen LogP contribution in [0.2, 0.25) is 19.1 Å². The average molecular weight is 592 g/mol. The molecule has 11 nitrogen and oxygen atoms in total. The number of carbonyl (C=O) groups excluding carboxylic acids is 1. The molecule has 0 aromatic rings. The fourth-order valence-corrected chi connectivity index (χ4v) is 6.38. The molecule has 0 unspecified atom stereocenters. The first-order chi connectivity index (χ1) is 16.6. The molecule has 0 spiro atoms. The number of ether oxygens (including phenoxy) is 2. The van der Waals surface area contributed by atoms with Gasteiger partial charge in [-0.05, 0) is 58.2 Å². The Labute approximate surface area is 222 Å². The highest BCUT2D eigenvalue weighted by Crippen LogP contribution is 2.19. The Bertz CT molecular complexity index is 783. The van der Waals surface area contributed by atoms with Crippen molar-refractivity contribution in [2.45, 2.75) is 64.6 Å². The number of carbonyl (C=O) groups is 1. The van der Waals surface area contributed by atoms with Crippen LogP contribution >= 0.6 is 0 Å². The molecule has 0 saturated heterocycles. The zero-order valence-corrected chi connectivity index (χ0v) is 25.6. The first-order valence-electron chi connectivity index (χ1n) is 12.3. The van der Waals surface area contributed by atoms with E-state index in [1.165, 1.54) is 6.92 Å². The predicted molar refractivity (Wildman–Crippen MR) is 142 cm³/mol. The molecule has 0 atom stereocenters. The van der Waals surface area contributed by atoms with Crippen LogP contribution in [0.4, 0.5) is 0 Å². The van der Waals surface area contributed by atoms with Crippen molar-refractivity contribution in [2.24, 2.45) is 0 Å². The highest BCUT2D eigenvalue weighted by atomic mass is 32.2. The molecule has 0 aliphatic carbocycles. The molecule has 3 radical (unpaired) electrons. The Kier molecular flexibility index (Phi) is 18.0. The van der Waals surface area contributed by atoms with Crippen LogP contribution in [0.25, 0.3) is 0 Å². The van der Waals surface area contributed by atoms with Gasteiger partial charge in [-0.15, -0.1) is 0 Å². The molecule has 36 heavy (non-hydrogen) atoms. The van der Waals surface area contributed by atoms with Gasteiger partial charge in [-0.2, -0.15) is 16.8 Å². The minimum absolute atomic E-state index is 0.0671. The summed E-state index contributed by atoms with van der Waals surface area (Å²) in [7, 11) is -6.76. The molecule has 0 aliphatic rings. The Hall–Kier alpha value is -0.236. The van der Waals surface area contributed by atoms with E-state index >= 15 is 0 Å². The van der Waals surface area contributed by atoms with Crippen LogP contribution in [0.15, 0.2) is 0 Å². The van der Waals surface area contributed by atoms with Gasteiger partial charge in [-0.25, -0.2) is 0 Å². The maximum Gasteiger partial charge on any atom is 0.264 e. The molecule has 0 bridgehead atoms. The number of rotatable bonds is 24. The molecular formula is C21H45NO10S2Si2+. The van der Waals surface area contributed by atoms with E-state index in [1.807, 2.05) is 0 Å². The minimum Gasteiger partial charge on any atom is -0.457 e. The summed E-state index contributed by atoms with van der Waals surface area (Å²) < 4.78 is 79.9. The van der Waals surface area contributed by atoms with Crippen molar-refractivity contribution >= 4 is 44.8 Å². The topological polar surface area (TPSA) is 153 Å². The van der Waals surface area contributed by atoms with Crippen LogP contribution in [0, 0.1) is 0 Å². The summed E-state index contributed by atoms with van der Waals surface area (Å²) in [6.45, 7) is 9.97. The van der Waals surface area contributed by atoms with Gasteiger partial charge in [0, 0.05) is 6.42 Å². The second-order valence-corrected chi connectivity index (χ2v) is 17.8. The van der Waals surface area contributed by atoms with Crippen molar-refractivity contribution in [1.29, 1.82) is 0 Å². The van der Waals surface area contributed by atoms with Gasteiger partial charge in [0.15, 0.2) is 8.32 Å². The van der Waals surface area contributed by atoms with Crippen molar-refractivity contribution in [3.63, 3.8) is 0 Å². The molecule has 0 aliphatic heterocycles. The monoisotopic (exact) mass is 591 g/mol. The van der Waals surface area contributed by atoms with E-state index in [0.29, 0.717) is 82.6 Å². The van der Waals surface area contributed by atoms with Crippen molar-refractivity contribution in [2.75, 3.05) is 64.1 Å². The maximum atomic E-state index is 11.1. The number of hydrogen-bond donors (Lipinski definition) is 2. The van der Waals surface area contributed by atoms with Crippen LogP contribution in [0.3, 0.4) is 0 Å². The number of quaternary nitrogens is 1. The summed E-state index contributed by atoms with van der Waals surface area (Å²) in [5.41, 5.74) is 0. The molecule has 213 valence electrons. The van der Waals surface area contributed by atoms with Crippen LogP contribution in [-0.2, 0) is 38.6 Å². The summed E-state index contributed by atoms with van der Waals surface area (Å²) in [6, 6.07) is 0.900. The summed E-state index contributed by atoms with van der Waals surface area (Å²) in [4.78, 5) is 11.0. The lowest BCUT2D eigenvalue weighted by Gasteiger charge is -2.40. The van der Waals surface area contributed by atoms with Gasteiger partial charge in [-0.3, -0.25) is 13.9 Å². The molecule has 0 amide bonds. The number of hydrogen-bond acceptors (Lipinski definition) is 8. The lowest BCUT2D eigenvalue weighted by molar-refractivity contribution is -0.929. The number of unbranched alkanes of at least 4 members (excludes halogenated alkanes) is 2. The van der Waals surface area contributed by atoms with E-state index in [1.54, 1.807) is 0 Å². The third-order valence-corrected chi connectivity index (χ3v) is 11.3. The van der Waals surface area contributed by atoms with Gasteiger partial charge in [-0.1, -0.05) is 0 Å². The fourth-order valence-electron chi connectivity index (χ4n) is 3.82. The molecule has 0 fully saturated rings. The highest BCUT2D eigenvalue weighted by molar-refractivity contribution is 7.86. The fraction of sp³-hybridized carbons (Fsp3) is 0.952. The van der Waals surface area contributed by atoms with Gasteiger partial charge in [0.2, 0.25) is 10.5 Å². The van der Waals surface area contributed by atoms with Gasteiger partial charge < -0.3 is 18.1 Å². The van der Waals surface area contributed by atoms with Gasteiger partial charge in [0.25, 0.3) is 20.2 Å². The summed E-state index contributed by atoms with van der Waals surface area (Å²) in [6.07, 6.45) is 3.01. The normalized spacial score (nSPS) is 13.3. The minimum atomic E-state index is -4.03. The van der Waals surface area contributed by atoms with E-state index in [0.717, 1.165) is 19.0 Å². The third-order valence-electron chi connectivity index (χ3n) is 5.94. The third kappa shape index (κ3) is 21.8. The van der Waals surface area contributed by atoms with Crippen molar-refractivity contribution < 1.29 is 48.8 Å². The molecule has 0 aromatic heterocycles. The van der Waals surface area contributed by atoms with E-state index in [-0.39, 0.29) is 17.3 Å². The number of nitrogens with zero attached hydrogens (tertiary/aromatic N) is 1. The Morgan fingerprint density at radius 3 is 1.69 bits per heavy atom. The van der Waals surface area contributed by atoms with E-state index in [4.69, 9.17) is 22.7 Å². The second-order valence-electron chi connectivity index (χ2n) is 9.86. The summed E-state index contributed by atoms with van der Waals surface area (Å²) in [5.74, 6) is -0.542. The molecule has 2 N–H and O–H groups in total. The zero-order valence-electron chi connectivity index (χ0n) is 21.9. The summed E-state index contributed by atoms with van der Waals surface area (Å²) in [5, 5.41) is 0. The van der Waals surface area contributed by atoms with Gasteiger partial charge in [0.1, 0.15) is 12.3 Å². The standard InChI is InChI=1S/C21H44NO10S2Si2/c1-21(23)9-14-30-16-17-31-15-13-22(10-4-6-18-33(24,25)26,11-5-7-19-34(27,28)29)12-8-20-36(2,3)32-35/h4-20H2,1-3H3,(H-,24,25,26,27,28,29)/p+1. The first-order valence-corrected chi connectivity index (χ1v) is 19.1. The Morgan fingerprint density at radius 1 is 0.778 bits per heavy atom. The second kappa shape index (κ2) is 18.1. The van der Waals surface area contributed by atoms with Crippen LogP contribution < -0.4 is 0 Å². The SMILES string of the molecule is CC(=O)CCOCCOCC[N+](CCCCS(=O)(=O)O)(CCCCS(=O)(=O)O)CCC[Si](C)(C)O[Si]. The van der Waals surface area contributed by atoms with Crippen molar-refractivity contribution in [1.82, 2.24) is 0 Å². The summed E-state index contributed by atoms with van der Waals surface area (Å²) >= 11 is 0. The molecule has 0 heterocycles. The quantitative estimate of drug-likeness (QED) is 0.0736. The van der Waals surface area contributed by atoms with Crippen LogP contribution in [0.5, 0.6) is 0 Å². The largest absolute Gasteiger partial charge is 0.457 e. The van der Waals surface area contributed by atoms with Gasteiger partial charge >= 0.3 is 0 Å². The van der Waals surface area contributed by atoms with Crippen molar-refractivity contribution in [3.8, 4) is 0 Å². The van der Waals surface area contributed by atoms with Crippen LogP contribution in [0.1, 0.15) is 45.4 Å². The lowest BCUT2D eigenvalue weighted by Crippen LogP contribution is -2.52. The molecule has 0 rings (SSSR count). The van der Waals surface area contributed by atoms with E-state index in [2.05, 4.69) is 23.6 Å². The number of ketones is 1. The highest BCUT2D eigenvalue weighted by Gasteiger charge is 2.29. The Morgan fingerprint density at radius 2 is 1.25 bits per heavy atom. The maximum absolute atomic E-state index is 11.1. The predicted octanol–water partition coefficient (Wildman–Crippen LogP) is 1.85. The zero-order chi connectivity index (χ0) is 27.7.